The molecule has 4 heteroatoms. The van der Waals surface area contributed by atoms with Crippen LogP contribution in [-0.2, 0) is 0 Å². The van der Waals surface area contributed by atoms with Gasteiger partial charge in [-0.05, 0) is 17.3 Å². The summed E-state index contributed by atoms with van der Waals surface area (Å²) in [7, 11) is 1.85. The van der Waals surface area contributed by atoms with Crippen molar-refractivity contribution in [1.82, 2.24) is 4.90 Å². The Kier molecular flexibility index (Phi) is 2.38. The molecule has 0 spiro atoms. The molecule has 0 N–H and O–H groups in total. The molecule has 0 saturated carbocycles. The minimum Gasteiger partial charge on any atom is -0.357 e. The Morgan fingerprint density at radius 2 is 2.17 bits per heavy atom. The molecular weight excluding hydrogens is 154 g/mol. The predicted octanol–water partition coefficient (Wildman–Crippen LogP) is 1.50. The van der Waals surface area contributed by atoms with Gasteiger partial charge in [0.2, 0.25) is 0 Å². The van der Waals surface area contributed by atoms with Gasteiger partial charge in [0.15, 0.2) is 5.70 Å². The third kappa shape index (κ3) is 1.58. The van der Waals surface area contributed by atoms with Crippen LogP contribution in [0.15, 0.2) is 41.0 Å². The average Bonchev–Trinajstić information content (AvgIpc) is 2.10. The normalized spacial score (nSPS) is 14.3. The molecule has 0 atom stereocenters. The van der Waals surface area contributed by atoms with E-state index in [-0.39, 0.29) is 5.70 Å². The monoisotopic (exact) mass is 161 g/mol. The van der Waals surface area contributed by atoms with Crippen molar-refractivity contribution < 1.29 is 0 Å². The largest absolute Gasteiger partial charge is 0.357 e. The fourth-order valence-electron chi connectivity index (χ4n) is 0.797. The summed E-state index contributed by atoms with van der Waals surface area (Å²) in [4.78, 5) is 11.9. The summed E-state index contributed by atoms with van der Waals surface area (Å²) < 4.78 is 0. The van der Waals surface area contributed by atoms with Crippen LogP contribution in [0.4, 0.5) is 0 Å². The first kappa shape index (κ1) is 8.21. The van der Waals surface area contributed by atoms with Crippen molar-refractivity contribution in [2.24, 2.45) is 5.18 Å². The second kappa shape index (κ2) is 3.49. The van der Waals surface area contributed by atoms with E-state index in [4.69, 9.17) is 5.26 Å². The van der Waals surface area contributed by atoms with Gasteiger partial charge in [-0.2, -0.15) is 5.26 Å². The van der Waals surface area contributed by atoms with Crippen LogP contribution in [0.25, 0.3) is 0 Å². The Balaban J connectivity index is 3.00. The maximum atomic E-state index is 10.1. The average molecular weight is 161 g/mol. The number of rotatable bonds is 1. The molecule has 1 rings (SSSR count). The fourth-order valence-corrected chi connectivity index (χ4v) is 0.797. The lowest BCUT2D eigenvalue weighted by Gasteiger charge is -2.11. The van der Waals surface area contributed by atoms with Crippen LogP contribution in [0.5, 0.6) is 0 Å². The molecule has 0 saturated heterocycles. The fraction of sp³-hybridized carbons (Fsp3) is 0.125. The molecule has 0 aliphatic carbocycles. The van der Waals surface area contributed by atoms with Crippen molar-refractivity contribution in [3.63, 3.8) is 0 Å². The molecule has 0 fully saturated rings. The van der Waals surface area contributed by atoms with Crippen molar-refractivity contribution >= 4 is 0 Å². The van der Waals surface area contributed by atoms with Crippen LogP contribution >= 0.6 is 0 Å². The van der Waals surface area contributed by atoms with E-state index < -0.39 is 0 Å². The minimum absolute atomic E-state index is 0.0874. The van der Waals surface area contributed by atoms with Gasteiger partial charge >= 0.3 is 0 Å². The molecule has 1 heterocycles. The van der Waals surface area contributed by atoms with Crippen molar-refractivity contribution in [3.05, 3.63) is 40.7 Å². The van der Waals surface area contributed by atoms with Crippen LogP contribution in [0.2, 0.25) is 0 Å². The van der Waals surface area contributed by atoms with E-state index in [1.165, 1.54) is 0 Å². The summed E-state index contributed by atoms with van der Waals surface area (Å²) in [6, 6.07) is 1.72. The second-order valence-corrected chi connectivity index (χ2v) is 2.30. The molecule has 0 aromatic heterocycles. The van der Waals surface area contributed by atoms with E-state index in [2.05, 4.69) is 5.18 Å². The van der Waals surface area contributed by atoms with E-state index in [9.17, 15) is 4.91 Å². The highest BCUT2D eigenvalue weighted by molar-refractivity contribution is 5.43. The van der Waals surface area contributed by atoms with Crippen LogP contribution < -0.4 is 0 Å². The zero-order valence-electron chi connectivity index (χ0n) is 6.56. The SMILES string of the molecule is CN1C=CC(=C(C#N)N=O)C=C1. The summed E-state index contributed by atoms with van der Waals surface area (Å²) in [6.07, 6.45) is 6.83. The van der Waals surface area contributed by atoms with Gasteiger partial charge in [-0.25, -0.2) is 0 Å². The maximum Gasteiger partial charge on any atom is 0.192 e. The topological polar surface area (TPSA) is 56.5 Å². The summed E-state index contributed by atoms with van der Waals surface area (Å²) in [5.41, 5.74) is 0.459. The third-order valence-electron chi connectivity index (χ3n) is 1.45. The van der Waals surface area contributed by atoms with Crippen molar-refractivity contribution in [3.8, 4) is 6.07 Å². The number of allylic oxidation sites excluding steroid dienone is 4. The third-order valence-corrected chi connectivity index (χ3v) is 1.45. The lowest BCUT2D eigenvalue weighted by Crippen LogP contribution is -2.03. The number of nitroso groups, excluding NO2 is 1. The Labute approximate surface area is 70.1 Å². The molecule has 0 unspecified atom stereocenters. The van der Waals surface area contributed by atoms with Gasteiger partial charge in [0.05, 0.1) is 0 Å². The molecule has 12 heavy (non-hydrogen) atoms. The number of hydrogen-bond donors (Lipinski definition) is 0. The van der Waals surface area contributed by atoms with Crippen LogP contribution in [-0.4, -0.2) is 11.9 Å². The second-order valence-electron chi connectivity index (χ2n) is 2.30. The molecule has 4 nitrogen and oxygen atoms in total. The van der Waals surface area contributed by atoms with Gasteiger partial charge < -0.3 is 4.90 Å². The van der Waals surface area contributed by atoms with Gasteiger partial charge in [-0.3, -0.25) is 0 Å². The molecule has 0 radical (unpaired) electrons. The first-order chi connectivity index (χ1) is 5.77. The summed E-state index contributed by atoms with van der Waals surface area (Å²) >= 11 is 0. The molecule has 0 bridgehead atoms. The van der Waals surface area contributed by atoms with Gasteiger partial charge in [0.25, 0.3) is 0 Å². The maximum absolute atomic E-state index is 10.1. The minimum atomic E-state index is -0.0874. The zero-order chi connectivity index (χ0) is 8.97. The van der Waals surface area contributed by atoms with E-state index in [0.29, 0.717) is 5.57 Å². The van der Waals surface area contributed by atoms with Crippen molar-refractivity contribution in [2.75, 3.05) is 7.05 Å². The molecule has 0 amide bonds. The number of nitrogens with zero attached hydrogens (tertiary/aromatic N) is 3. The number of hydrogen-bond acceptors (Lipinski definition) is 4. The van der Waals surface area contributed by atoms with Crippen molar-refractivity contribution in [2.45, 2.75) is 0 Å². The van der Waals surface area contributed by atoms with E-state index in [1.54, 1.807) is 30.6 Å². The molecular formula is C8H7N3O. The van der Waals surface area contributed by atoms with Crippen LogP contribution in [0.3, 0.4) is 0 Å². The Morgan fingerprint density at radius 1 is 1.58 bits per heavy atom. The van der Waals surface area contributed by atoms with E-state index >= 15 is 0 Å². The Morgan fingerprint density at radius 3 is 2.58 bits per heavy atom. The Bertz CT molecular complexity index is 304. The van der Waals surface area contributed by atoms with Gasteiger partial charge in [0.1, 0.15) is 6.07 Å². The highest BCUT2D eigenvalue weighted by atomic mass is 16.3. The quantitative estimate of drug-likeness (QED) is 0.432. The zero-order valence-corrected chi connectivity index (χ0v) is 6.56. The molecule has 1 aliphatic heterocycles. The summed E-state index contributed by atoms with van der Waals surface area (Å²) in [5, 5.41) is 11.1. The van der Waals surface area contributed by atoms with Gasteiger partial charge in [0, 0.05) is 25.0 Å². The van der Waals surface area contributed by atoms with Gasteiger partial charge in [-0.15, -0.1) is 4.91 Å². The van der Waals surface area contributed by atoms with Crippen molar-refractivity contribution in [1.29, 1.82) is 5.26 Å². The van der Waals surface area contributed by atoms with E-state index in [0.717, 1.165) is 0 Å². The summed E-state index contributed by atoms with van der Waals surface area (Å²) in [6.45, 7) is 0. The van der Waals surface area contributed by atoms with Crippen LogP contribution in [0, 0.1) is 16.2 Å². The molecule has 60 valence electrons. The van der Waals surface area contributed by atoms with Crippen LogP contribution in [0.1, 0.15) is 0 Å². The molecule has 0 aromatic rings. The lowest BCUT2D eigenvalue weighted by atomic mass is 10.2. The summed E-state index contributed by atoms with van der Waals surface area (Å²) in [5.74, 6) is 0. The highest BCUT2D eigenvalue weighted by Gasteiger charge is 2.03. The van der Waals surface area contributed by atoms with E-state index in [1.807, 2.05) is 11.9 Å². The smallest absolute Gasteiger partial charge is 0.192 e. The first-order valence-corrected chi connectivity index (χ1v) is 3.34. The lowest BCUT2D eigenvalue weighted by molar-refractivity contribution is 0.619. The highest BCUT2D eigenvalue weighted by Crippen LogP contribution is 2.12. The predicted molar refractivity (Wildman–Crippen MR) is 44.5 cm³/mol. The molecule has 1 aliphatic rings. The Hall–Kier alpha value is -1.89. The molecule has 0 aromatic carbocycles. The first-order valence-electron chi connectivity index (χ1n) is 3.34. The number of nitriles is 1. The van der Waals surface area contributed by atoms with Gasteiger partial charge in [-0.1, -0.05) is 0 Å². The standard InChI is InChI=1S/C8H7N3O/c1-11-4-2-7(3-5-11)8(6-9)10-12/h2-5H,1H3.